The topological polar surface area (TPSA) is 101 Å². The molecule has 0 aliphatic carbocycles. The predicted octanol–water partition coefficient (Wildman–Crippen LogP) is 8.80. The molecule has 0 bridgehead atoms. The van der Waals surface area contributed by atoms with Gasteiger partial charge in [0, 0.05) is 0 Å². The molecule has 0 fully saturated rings. The summed E-state index contributed by atoms with van der Waals surface area (Å²) in [5.41, 5.74) is 1.52. The number of benzene rings is 4. The van der Waals surface area contributed by atoms with Crippen LogP contribution in [0.3, 0.4) is 0 Å². The lowest BCUT2D eigenvalue weighted by Crippen LogP contribution is -2.25. The highest BCUT2D eigenvalue weighted by Crippen LogP contribution is 2.61. The van der Waals surface area contributed by atoms with E-state index in [0.29, 0.717) is 44.4 Å². The molecule has 5 rings (SSSR count). The summed E-state index contributed by atoms with van der Waals surface area (Å²) in [5, 5.41) is 4.16. The van der Waals surface area contributed by atoms with Crippen LogP contribution in [0.25, 0.3) is 16.6 Å². The Kier molecular flexibility index (Phi) is 10.7. The van der Waals surface area contributed by atoms with Crippen LogP contribution in [0.15, 0.2) is 89.7 Å². The van der Waals surface area contributed by atoms with Gasteiger partial charge in [0.1, 0.15) is 12.4 Å². The first-order valence-corrected chi connectivity index (χ1v) is 16.7. The van der Waals surface area contributed by atoms with Gasteiger partial charge in [-0.1, -0.05) is 47.5 Å². The van der Waals surface area contributed by atoms with E-state index in [2.05, 4.69) is 10.3 Å². The Morgan fingerprint density at radius 2 is 1.65 bits per heavy atom. The van der Waals surface area contributed by atoms with Crippen molar-refractivity contribution in [1.29, 1.82) is 0 Å². The Bertz CT molecular complexity index is 1950. The van der Waals surface area contributed by atoms with Crippen LogP contribution in [-0.2, 0) is 20.2 Å². The summed E-state index contributed by atoms with van der Waals surface area (Å²) in [4.78, 5) is 18.2. The van der Waals surface area contributed by atoms with Crippen molar-refractivity contribution in [3.05, 3.63) is 123 Å². The molecule has 0 amide bonds. The van der Waals surface area contributed by atoms with Gasteiger partial charge in [0.05, 0.1) is 52.6 Å². The van der Waals surface area contributed by atoms with E-state index < -0.39 is 19.2 Å². The third-order valence-corrected chi connectivity index (χ3v) is 10.1. The molecule has 1 atom stereocenters. The van der Waals surface area contributed by atoms with Gasteiger partial charge >= 0.3 is 7.60 Å². The molecule has 13 heteroatoms. The molecular formula is C33H31Cl2FN3O6P. The number of hydrogen-bond acceptors (Lipinski definition) is 8. The van der Waals surface area contributed by atoms with Gasteiger partial charge in [-0.3, -0.25) is 13.9 Å². The standard InChI is InChI=1S/C33H31Cl2FN3O6P/c1-4-44-46(41,45-5-2)32(38-27-12-8-10-25(34)31(27)35)21-13-18-28(29(19-21)42-3)43-20-30-37-26-11-7-6-9-24(26)33(40)39(30)23-16-14-22(36)15-17-23/h6-19,32,38H,4-5,20H2,1-3H3. The van der Waals surface area contributed by atoms with Crippen LogP contribution < -0.4 is 20.3 Å². The molecule has 9 nitrogen and oxygen atoms in total. The number of anilines is 1. The number of nitrogens with zero attached hydrogens (tertiary/aromatic N) is 2. The van der Waals surface area contributed by atoms with Crippen molar-refractivity contribution in [1.82, 2.24) is 9.55 Å². The van der Waals surface area contributed by atoms with E-state index in [-0.39, 0.29) is 36.2 Å². The molecule has 5 aromatic rings. The Morgan fingerprint density at radius 1 is 0.935 bits per heavy atom. The number of fused-ring (bicyclic) bond motifs is 1. The normalized spacial score (nSPS) is 12.2. The molecule has 0 aliphatic rings. The number of rotatable bonds is 13. The number of para-hydroxylation sites is 1. The smallest absolute Gasteiger partial charge is 0.357 e. The number of methoxy groups -OCH3 is 1. The highest BCUT2D eigenvalue weighted by Gasteiger charge is 2.38. The van der Waals surface area contributed by atoms with Crippen LogP contribution in [-0.4, -0.2) is 29.9 Å². The fourth-order valence-corrected chi connectivity index (χ4v) is 7.17. The monoisotopic (exact) mass is 685 g/mol. The molecule has 0 radical (unpaired) electrons. The lowest BCUT2D eigenvalue weighted by atomic mass is 10.2. The second-order valence-corrected chi connectivity index (χ2v) is 12.8. The van der Waals surface area contributed by atoms with Gasteiger partial charge in [-0.05, 0) is 80.1 Å². The highest BCUT2D eigenvalue weighted by molar-refractivity contribution is 7.54. The Hall–Kier alpha value is -3.92. The minimum atomic E-state index is -3.82. The average molecular weight is 687 g/mol. The lowest BCUT2D eigenvalue weighted by molar-refractivity contribution is 0.214. The maximum Gasteiger partial charge on any atom is 0.357 e. The van der Waals surface area contributed by atoms with Gasteiger partial charge in [-0.2, -0.15) is 0 Å². The zero-order valence-corrected chi connectivity index (χ0v) is 27.6. The zero-order chi connectivity index (χ0) is 32.8. The van der Waals surface area contributed by atoms with E-state index in [1.165, 1.54) is 35.9 Å². The molecule has 0 aliphatic heterocycles. The number of halogens is 3. The van der Waals surface area contributed by atoms with Crippen molar-refractivity contribution < 1.29 is 27.5 Å². The van der Waals surface area contributed by atoms with Crippen molar-refractivity contribution in [3.8, 4) is 17.2 Å². The summed E-state index contributed by atoms with van der Waals surface area (Å²) in [6.07, 6.45) is 0. The first-order valence-electron chi connectivity index (χ1n) is 14.4. The fourth-order valence-electron chi connectivity index (χ4n) is 4.90. The maximum absolute atomic E-state index is 14.1. The molecule has 1 N–H and O–H groups in total. The van der Waals surface area contributed by atoms with Crippen molar-refractivity contribution in [3.63, 3.8) is 0 Å². The Balaban J connectivity index is 1.53. The summed E-state index contributed by atoms with van der Waals surface area (Å²) in [7, 11) is -2.35. The molecular weight excluding hydrogens is 655 g/mol. The Labute approximate surface area is 275 Å². The third kappa shape index (κ3) is 7.07. The van der Waals surface area contributed by atoms with Crippen LogP contribution in [0, 0.1) is 5.82 Å². The first kappa shape index (κ1) is 33.4. The SMILES string of the molecule is CCOP(=O)(OCC)C(Nc1cccc(Cl)c1Cl)c1ccc(OCc2nc3ccccc3c(=O)n2-c2ccc(F)cc2)c(OC)c1. The molecule has 1 heterocycles. The van der Waals surface area contributed by atoms with Gasteiger partial charge in [0.15, 0.2) is 23.1 Å². The van der Waals surface area contributed by atoms with E-state index in [1.54, 1.807) is 74.5 Å². The molecule has 0 saturated heterocycles. The summed E-state index contributed by atoms with van der Waals surface area (Å²) < 4.78 is 52.5. The molecule has 46 heavy (non-hydrogen) atoms. The van der Waals surface area contributed by atoms with Crippen LogP contribution in [0.5, 0.6) is 11.5 Å². The quantitative estimate of drug-likeness (QED) is 0.123. The lowest BCUT2D eigenvalue weighted by Gasteiger charge is -2.29. The number of nitrogens with one attached hydrogen (secondary N) is 1. The fraction of sp³-hybridized carbons (Fsp3) is 0.212. The van der Waals surface area contributed by atoms with E-state index in [1.807, 2.05) is 0 Å². The van der Waals surface area contributed by atoms with Crippen molar-refractivity contribution in [2.75, 3.05) is 25.6 Å². The predicted molar refractivity (Wildman–Crippen MR) is 178 cm³/mol. The number of hydrogen-bond donors (Lipinski definition) is 1. The molecule has 1 unspecified atom stereocenters. The van der Waals surface area contributed by atoms with E-state index in [9.17, 15) is 13.8 Å². The maximum atomic E-state index is 14.1. The highest BCUT2D eigenvalue weighted by atomic mass is 35.5. The van der Waals surface area contributed by atoms with Gasteiger partial charge in [0.25, 0.3) is 5.56 Å². The molecule has 0 saturated carbocycles. The van der Waals surface area contributed by atoms with Gasteiger partial charge in [-0.25, -0.2) is 9.37 Å². The molecule has 1 aromatic heterocycles. The average Bonchev–Trinajstić information content (AvgIpc) is 3.05. The van der Waals surface area contributed by atoms with Crippen LogP contribution in [0.4, 0.5) is 10.1 Å². The van der Waals surface area contributed by atoms with Crippen LogP contribution >= 0.6 is 30.8 Å². The van der Waals surface area contributed by atoms with Crippen molar-refractivity contribution in [2.24, 2.45) is 0 Å². The summed E-state index contributed by atoms with van der Waals surface area (Å²) >= 11 is 12.7. The molecule has 0 spiro atoms. The largest absolute Gasteiger partial charge is 0.493 e. The number of aromatic nitrogens is 2. The molecule has 4 aromatic carbocycles. The first-order chi connectivity index (χ1) is 22.2. The minimum Gasteiger partial charge on any atom is -0.493 e. The van der Waals surface area contributed by atoms with Gasteiger partial charge in [0.2, 0.25) is 0 Å². The summed E-state index contributed by atoms with van der Waals surface area (Å²) in [6, 6.07) is 22.5. The minimum absolute atomic E-state index is 0.131. The van der Waals surface area contributed by atoms with E-state index in [0.717, 1.165) is 0 Å². The summed E-state index contributed by atoms with van der Waals surface area (Å²) in [6.45, 7) is 3.57. The van der Waals surface area contributed by atoms with Crippen molar-refractivity contribution in [2.45, 2.75) is 26.2 Å². The zero-order valence-electron chi connectivity index (χ0n) is 25.2. The third-order valence-electron chi connectivity index (χ3n) is 6.97. The molecule has 240 valence electrons. The van der Waals surface area contributed by atoms with Gasteiger partial charge < -0.3 is 23.8 Å². The van der Waals surface area contributed by atoms with E-state index in [4.69, 9.17) is 41.7 Å². The van der Waals surface area contributed by atoms with Crippen LogP contribution in [0.1, 0.15) is 31.0 Å². The number of ether oxygens (including phenoxy) is 2. The van der Waals surface area contributed by atoms with E-state index >= 15 is 0 Å². The van der Waals surface area contributed by atoms with Crippen LogP contribution in [0.2, 0.25) is 10.0 Å². The Morgan fingerprint density at radius 3 is 2.35 bits per heavy atom. The second-order valence-electron chi connectivity index (χ2n) is 9.88. The van der Waals surface area contributed by atoms with Gasteiger partial charge in [-0.15, -0.1) is 0 Å². The van der Waals surface area contributed by atoms with Crippen molar-refractivity contribution >= 4 is 47.4 Å². The summed E-state index contributed by atoms with van der Waals surface area (Å²) in [5.74, 6) is -0.526. The second kappa shape index (κ2) is 14.7.